The molecule has 0 heterocycles. The Kier molecular flexibility index (Phi) is 30.5. The van der Waals surface area contributed by atoms with Crippen molar-refractivity contribution in [2.45, 2.75) is 0 Å². The van der Waals surface area contributed by atoms with Crippen LogP contribution in [0.5, 0.6) is 0 Å². The van der Waals surface area contributed by atoms with E-state index in [0.29, 0.717) is 0 Å². The molecule has 40 valence electrons. The normalized spacial score (nSPS) is 7.50. The first-order valence-corrected chi connectivity index (χ1v) is 4.14. The molecule has 0 spiro atoms. The zero-order chi connectivity index (χ0) is 4.50. The van der Waals surface area contributed by atoms with E-state index in [1.807, 2.05) is 0 Å². The predicted octanol–water partition coefficient (Wildman–Crippen LogP) is -13.9. The van der Waals surface area contributed by atoms with Gasteiger partial charge in [0.1, 0.15) is 20.1 Å². The molecule has 0 aliphatic carbocycles. The van der Waals surface area contributed by atoms with E-state index in [1.54, 1.807) is 0 Å². The molecule has 0 aromatic rings. The van der Waals surface area contributed by atoms with Gasteiger partial charge in [-0.15, -0.1) is 0 Å². The van der Waals surface area contributed by atoms with Crippen molar-refractivity contribution in [3.63, 3.8) is 0 Å². The Bertz CT molecular complexity index is 25.9. The van der Waals surface area contributed by atoms with Crippen LogP contribution in [0.3, 0.4) is 0 Å². The third-order valence-electron chi connectivity index (χ3n) is 0. The van der Waals surface area contributed by atoms with E-state index in [9.17, 15) is 0 Å². The maximum absolute atomic E-state index is 8.62. The van der Waals surface area contributed by atoms with E-state index >= 15 is 0 Å². The second-order valence-electron chi connectivity index (χ2n) is 0.378. The SMILES string of the molecule is [K+].[K+].[O-][I+3]([O-])([O-])[O-].[OH-]. The Morgan fingerprint density at radius 2 is 0.750 bits per heavy atom. The average Bonchev–Trinajstić information content (AvgIpc) is 0.722. The van der Waals surface area contributed by atoms with Crippen molar-refractivity contribution in [3.8, 4) is 0 Å². The first kappa shape index (κ1) is 22.6. The van der Waals surface area contributed by atoms with Crippen LogP contribution in [0, 0.1) is 0 Å². The molecule has 0 atom stereocenters. The molecule has 0 aromatic carbocycles. The van der Waals surface area contributed by atoms with Crippen LogP contribution < -0.4 is 137 Å². The maximum atomic E-state index is 8.62. The molecule has 1 N–H and O–H groups in total. The minimum Gasteiger partial charge on any atom is -0.870 e. The minimum absolute atomic E-state index is 0. The van der Waals surface area contributed by atoms with Crippen molar-refractivity contribution in [3.05, 3.63) is 0 Å². The number of hydrogen-bond acceptors (Lipinski definition) is 5. The van der Waals surface area contributed by atoms with Crippen LogP contribution >= 0.6 is 0 Å². The van der Waals surface area contributed by atoms with Gasteiger partial charge >= 0.3 is 103 Å². The molecule has 0 saturated heterocycles. The molecule has 8 heteroatoms. The molecule has 8 heavy (non-hydrogen) atoms. The molecule has 0 fully saturated rings. The summed E-state index contributed by atoms with van der Waals surface area (Å²) < 4.78 is 34.5. The van der Waals surface area contributed by atoms with E-state index in [-0.39, 0.29) is 108 Å². The van der Waals surface area contributed by atoms with Crippen molar-refractivity contribution in [2.75, 3.05) is 0 Å². The fourth-order valence-corrected chi connectivity index (χ4v) is 0. The van der Waals surface area contributed by atoms with Gasteiger partial charge in [0.05, 0.1) is 0 Å². The summed E-state index contributed by atoms with van der Waals surface area (Å²) in [5.41, 5.74) is 0. The molecule has 0 rings (SSSR count). The van der Waals surface area contributed by atoms with Gasteiger partial charge in [0.2, 0.25) is 0 Å². The fourth-order valence-electron chi connectivity index (χ4n) is 0. The van der Waals surface area contributed by atoms with Crippen molar-refractivity contribution in [1.29, 1.82) is 0 Å². The summed E-state index contributed by atoms with van der Waals surface area (Å²) in [6.07, 6.45) is 0. The van der Waals surface area contributed by atoms with Gasteiger partial charge < -0.3 is 5.48 Å². The summed E-state index contributed by atoms with van der Waals surface area (Å²) in [6, 6.07) is 0. The molecule has 0 amide bonds. The zero-order valence-electron chi connectivity index (χ0n) is 4.46. The quantitative estimate of drug-likeness (QED) is 0.323. The third kappa shape index (κ3) is 52.5. The van der Waals surface area contributed by atoms with Crippen molar-refractivity contribution < 1.29 is 142 Å². The summed E-state index contributed by atoms with van der Waals surface area (Å²) in [7, 11) is 0. The van der Waals surface area contributed by atoms with E-state index < -0.39 is 20.1 Å². The van der Waals surface area contributed by atoms with E-state index in [1.165, 1.54) is 0 Å². The van der Waals surface area contributed by atoms with E-state index in [4.69, 9.17) is 13.7 Å². The zero-order valence-corrected chi connectivity index (χ0v) is 12.9. The first-order chi connectivity index (χ1) is 2.00. The van der Waals surface area contributed by atoms with Crippen LogP contribution in [-0.2, 0) is 0 Å². The predicted molar refractivity (Wildman–Crippen MR) is 1.94 cm³/mol. The van der Waals surface area contributed by atoms with Gasteiger partial charge in [-0.1, -0.05) is 0 Å². The summed E-state index contributed by atoms with van der Waals surface area (Å²) in [5, 5.41) is 0. The van der Waals surface area contributed by atoms with Crippen LogP contribution in [0.2, 0.25) is 0 Å². The molecular weight excluding hydrogens is 285 g/mol. The Hall–Kier alpha value is 3.80. The molecule has 0 saturated carbocycles. The molecule has 0 aromatic heterocycles. The van der Waals surface area contributed by atoms with Crippen LogP contribution in [-0.4, -0.2) is 5.48 Å². The molecule has 0 aliphatic heterocycles. The van der Waals surface area contributed by atoms with Crippen molar-refractivity contribution >= 4 is 0 Å². The Morgan fingerprint density at radius 1 is 0.750 bits per heavy atom. The monoisotopic (exact) mass is 286 g/mol. The van der Waals surface area contributed by atoms with E-state index in [0.717, 1.165) is 0 Å². The average molecular weight is 286 g/mol. The van der Waals surface area contributed by atoms with Gasteiger partial charge in [0.15, 0.2) is 0 Å². The molecule has 0 unspecified atom stereocenters. The molecule has 5 nitrogen and oxygen atoms in total. The maximum Gasteiger partial charge on any atom is 1.00 e. The van der Waals surface area contributed by atoms with Gasteiger partial charge in [0, 0.05) is 0 Å². The Morgan fingerprint density at radius 3 is 0.750 bits per heavy atom. The molecule has 0 aliphatic rings. The summed E-state index contributed by atoms with van der Waals surface area (Å²) in [6.45, 7) is 0. The largest absolute Gasteiger partial charge is 1.00 e. The van der Waals surface area contributed by atoms with Gasteiger partial charge in [-0.2, -0.15) is 0 Å². The van der Waals surface area contributed by atoms with Gasteiger partial charge in [0.25, 0.3) is 0 Å². The summed E-state index contributed by atoms with van der Waals surface area (Å²) in [5.74, 6) is 0. The molecular formula is HIK2O5. The van der Waals surface area contributed by atoms with Gasteiger partial charge in [-0.25, -0.2) is 0 Å². The van der Waals surface area contributed by atoms with E-state index in [2.05, 4.69) is 0 Å². The summed E-state index contributed by atoms with van der Waals surface area (Å²) >= 11 is -5.94. The number of rotatable bonds is 0. The molecule has 0 bridgehead atoms. The van der Waals surface area contributed by atoms with Crippen LogP contribution in [0.25, 0.3) is 0 Å². The van der Waals surface area contributed by atoms with Gasteiger partial charge in [-0.3, -0.25) is 13.7 Å². The van der Waals surface area contributed by atoms with Crippen LogP contribution in [0.4, 0.5) is 0 Å². The number of halogens is 1. The third-order valence-corrected chi connectivity index (χ3v) is 0. The second kappa shape index (κ2) is 10.8. The smallest absolute Gasteiger partial charge is 0.870 e. The standard InChI is InChI=1S/IO4.2K.H2O/c2-1(3,4)5;;;/h;;;1H2/q-1;2*+1;/p-1. The minimum atomic E-state index is -5.94. The van der Waals surface area contributed by atoms with Crippen molar-refractivity contribution in [2.24, 2.45) is 0 Å². The topological polar surface area (TPSA) is 122 Å². The van der Waals surface area contributed by atoms with Crippen molar-refractivity contribution in [1.82, 2.24) is 0 Å². The first-order valence-electron chi connectivity index (χ1n) is 0.617. The van der Waals surface area contributed by atoms with Crippen LogP contribution in [0.15, 0.2) is 0 Å². The second-order valence-corrected chi connectivity index (χ2v) is 2.54. The van der Waals surface area contributed by atoms with Gasteiger partial charge in [-0.05, 0) is 0 Å². The number of hydrogen-bond donors (Lipinski definition) is 0. The Balaban J connectivity index is -0.0000000267. The Labute approximate surface area is 138 Å². The molecule has 0 radical (unpaired) electrons. The summed E-state index contributed by atoms with van der Waals surface area (Å²) in [4.78, 5) is 0. The van der Waals surface area contributed by atoms with Crippen LogP contribution in [0.1, 0.15) is 0 Å². The fraction of sp³-hybridized carbons (Fsp3) is 0.